The Balaban J connectivity index is 1.52. The van der Waals surface area contributed by atoms with E-state index in [2.05, 4.69) is 31.0 Å². The largest absolute Gasteiger partial charge is 0.443 e. The van der Waals surface area contributed by atoms with Crippen LogP contribution in [0.25, 0.3) is 33.3 Å². The number of benzene rings is 1. The average molecular weight is 678 g/mol. The first-order valence-corrected chi connectivity index (χ1v) is 19.6. The van der Waals surface area contributed by atoms with Gasteiger partial charge in [0.2, 0.25) is 5.91 Å². The first-order chi connectivity index (χ1) is 22.0. The number of ether oxygens (including phenoxy) is 2. The van der Waals surface area contributed by atoms with Crippen LogP contribution in [0.2, 0.25) is 30.7 Å². The van der Waals surface area contributed by atoms with E-state index in [1.165, 1.54) is 4.57 Å². The molecule has 2 amide bonds. The second-order valence-electron chi connectivity index (χ2n) is 14.1. The van der Waals surface area contributed by atoms with Crippen LogP contribution in [0.5, 0.6) is 0 Å². The van der Waals surface area contributed by atoms with Crippen LogP contribution >= 0.6 is 11.6 Å². The molecule has 12 nitrogen and oxygen atoms in total. The van der Waals surface area contributed by atoms with Crippen molar-refractivity contribution in [2.45, 2.75) is 71.8 Å². The van der Waals surface area contributed by atoms with E-state index < -0.39 is 31.7 Å². The summed E-state index contributed by atoms with van der Waals surface area (Å²) in [6, 6.07) is 7.51. The molecule has 1 aliphatic rings. The first-order valence-electron chi connectivity index (χ1n) is 15.5. The summed E-state index contributed by atoms with van der Waals surface area (Å²) in [7, 11) is -1.32. The number of likely N-dealkylation sites (tertiary alicyclic amines) is 1. The van der Waals surface area contributed by atoms with Crippen molar-refractivity contribution in [1.29, 1.82) is 5.26 Å². The van der Waals surface area contributed by atoms with Gasteiger partial charge in [0.25, 0.3) is 5.91 Å². The quantitative estimate of drug-likeness (QED) is 0.170. The third kappa shape index (κ3) is 7.67. The highest BCUT2D eigenvalue weighted by Gasteiger charge is 2.34. The highest BCUT2D eigenvalue weighted by molar-refractivity contribution is 6.76. The zero-order valence-electron chi connectivity index (χ0n) is 27.8. The lowest BCUT2D eigenvalue weighted by Gasteiger charge is -2.37. The summed E-state index contributed by atoms with van der Waals surface area (Å²) in [5.41, 5.74) is 1.80. The van der Waals surface area contributed by atoms with E-state index in [0.29, 0.717) is 58.0 Å². The Kier molecular flexibility index (Phi) is 9.50. The summed E-state index contributed by atoms with van der Waals surface area (Å²) in [4.78, 5) is 50.9. The summed E-state index contributed by atoms with van der Waals surface area (Å²) in [6.45, 7) is 15.2. The van der Waals surface area contributed by atoms with Crippen molar-refractivity contribution in [3.05, 3.63) is 47.4 Å². The Morgan fingerprint density at radius 3 is 2.57 bits per heavy atom. The van der Waals surface area contributed by atoms with Crippen LogP contribution < -0.4 is 5.32 Å². The standard InChI is InChI=1S/C33H40ClN7O5Si/c1-20(31(43)39-15-21(13-35)16-39)37-30(42)25-17-40(19-45-10-11-47(5,6)7)29-28(25)38-26(14-36-29)24-18-41(32(44)46-33(2,3)4)27-12-22(34)8-9-23(24)27/h8-9,12,14,17-18,20-21H,10-11,15-16,19H2,1-7H3,(H,37,42)/t20-/m1/s1. The van der Waals surface area contributed by atoms with Gasteiger partial charge in [-0.25, -0.2) is 14.8 Å². The minimum absolute atomic E-state index is 0.163. The molecule has 0 aliphatic carbocycles. The van der Waals surface area contributed by atoms with Crippen molar-refractivity contribution in [1.82, 2.24) is 29.3 Å². The Hall–Kier alpha value is -4.25. The van der Waals surface area contributed by atoms with Crippen molar-refractivity contribution in [2.75, 3.05) is 19.7 Å². The molecule has 248 valence electrons. The van der Waals surface area contributed by atoms with E-state index in [-0.39, 0.29) is 24.1 Å². The lowest BCUT2D eigenvalue weighted by molar-refractivity contribution is -0.137. The van der Waals surface area contributed by atoms with Gasteiger partial charge in [-0.1, -0.05) is 37.3 Å². The van der Waals surface area contributed by atoms with Crippen molar-refractivity contribution in [3.63, 3.8) is 0 Å². The Labute approximate surface area is 279 Å². The van der Waals surface area contributed by atoms with Crippen molar-refractivity contribution >= 4 is 59.6 Å². The van der Waals surface area contributed by atoms with Gasteiger partial charge < -0.3 is 24.3 Å². The normalized spacial score (nSPS) is 14.6. The van der Waals surface area contributed by atoms with Gasteiger partial charge in [0.15, 0.2) is 5.65 Å². The van der Waals surface area contributed by atoms with Gasteiger partial charge in [0, 0.05) is 56.1 Å². The molecule has 1 aliphatic heterocycles. The van der Waals surface area contributed by atoms with Crippen molar-refractivity contribution in [2.24, 2.45) is 5.92 Å². The van der Waals surface area contributed by atoms with Gasteiger partial charge in [0.05, 0.1) is 35.0 Å². The molecule has 4 aromatic rings. The van der Waals surface area contributed by atoms with Crippen LogP contribution in [0, 0.1) is 17.2 Å². The number of fused-ring (bicyclic) bond motifs is 2. The second-order valence-corrected chi connectivity index (χ2v) is 20.2. The molecule has 1 N–H and O–H groups in total. The number of aromatic nitrogens is 4. The monoisotopic (exact) mass is 677 g/mol. The molecule has 1 atom stereocenters. The van der Waals surface area contributed by atoms with Crippen molar-refractivity contribution in [3.8, 4) is 17.3 Å². The molecule has 0 bridgehead atoms. The predicted octanol–water partition coefficient (Wildman–Crippen LogP) is 5.90. The maximum atomic E-state index is 13.7. The molecule has 0 spiro atoms. The number of nitrogens with zero attached hydrogens (tertiary/aromatic N) is 6. The molecule has 0 unspecified atom stereocenters. The van der Waals surface area contributed by atoms with E-state index in [0.717, 1.165) is 6.04 Å². The zero-order valence-corrected chi connectivity index (χ0v) is 29.5. The van der Waals surface area contributed by atoms with Crippen LogP contribution in [0.4, 0.5) is 4.79 Å². The molecule has 1 aromatic carbocycles. The molecule has 1 saturated heterocycles. The molecule has 47 heavy (non-hydrogen) atoms. The lowest BCUT2D eigenvalue weighted by Crippen LogP contribution is -2.55. The topological polar surface area (TPSA) is 144 Å². The van der Waals surface area contributed by atoms with Gasteiger partial charge in [-0.2, -0.15) is 5.26 Å². The highest BCUT2D eigenvalue weighted by atomic mass is 35.5. The molecule has 14 heteroatoms. The molecule has 1 fully saturated rings. The van der Waals surface area contributed by atoms with Crippen LogP contribution in [-0.4, -0.2) is 81.3 Å². The van der Waals surface area contributed by atoms with E-state index in [1.54, 1.807) is 74.0 Å². The summed E-state index contributed by atoms with van der Waals surface area (Å²) >= 11 is 6.32. The smallest absolute Gasteiger partial charge is 0.419 e. The van der Waals surface area contributed by atoms with E-state index >= 15 is 0 Å². The molecule has 5 rings (SSSR count). The number of hydrogen-bond donors (Lipinski definition) is 1. The summed E-state index contributed by atoms with van der Waals surface area (Å²) < 4.78 is 14.7. The number of amides is 2. The van der Waals surface area contributed by atoms with Gasteiger partial charge >= 0.3 is 6.09 Å². The minimum Gasteiger partial charge on any atom is -0.443 e. The molecule has 3 aromatic heterocycles. The molecule has 0 saturated carbocycles. The van der Waals surface area contributed by atoms with Gasteiger partial charge in [-0.3, -0.25) is 14.2 Å². The minimum atomic E-state index is -1.32. The molecule has 0 radical (unpaired) electrons. The van der Waals surface area contributed by atoms with Crippen molar-refractivity contribution < 1.29 is 23.9 Å². The van der Waals surface area contributed by atoms with Crippen LogP contribution in [0.3, 0.4) is 0 Å². The maximum Gasteiger partial charge on any atom is 0.419 e. The molecular formula is C33H40ClN7O5Si. The third-order valence-corrected chi connectivity index (χ3v) is 9.70. The predicted molar refractivity (Wildman–Crippen MR) is 182 cm³/mol. The zero-order chi connectivity index (χ0) is 34.3. The van der Waals surface area contributed by atoms with Gasteiger partial charge in [-0.05, 0) is 45.9 Å². The Bertz CT molecular complexity index is 1890. The van der Waals surface area contributed by atoms with E-state index in [1.807, 2.05) is 0 Å². The SMILES string of the molecule is C[C@@H](NC(=O)c1cn(COCC[Si](C)(C)C)c2ncc(-c3cn(C(=O)OC(C)(C)C)c4cc(Cl)ccc34)nc12)C(=O)N1CC(C#N)C1. The number of halogens is 1. The number of hydrogen-bond acceptors (Lipinski definition) is 8. The van der Waals surface area contributed by atoms with Crippen LogP contribution in [0.1, 0.15) is 38.1 Å². The lowest BCUT2D eigenvalue weighted by atomic mass is 10.0. The fourth-order valence-corrected chi connectivity index (χ4v) is 6.13. The third-order valence-electron chi connectivity index (χ3n) is 7.76. The van der Waals surface area contributed by atoms with Gasteiger partial charge in [-0.15, -0.1) is 0 Å². The second kappa shape index (κ2) is 13.1. The highest BCUT2D eigenvalue weighted by Crippen LogP contribution is 2.33. The first kappa shape index (κ1) is 34.1. The molecular weight excluding hydrogens is 638 g/mol. The maximum absolute atomic E-state index is 13.7. The summed E-state index contributed by atoms with van der Waals surface area (Å²) in [5, 5.41) is 13.0. The van der Waals surface area contributed by atoms with E-state index in [9.17, 15) is 14.4 Å². The number of nitriles is 1. The fourth-order valence-electron chi connectivity index (χ4n) is 5.20. The number of carbonyl (C=O) groups excluding carboxylic acids is 3. The van der Waals surface area contributed by atoms with Crippen LogP contribution in [0.15, 0.2) is 36.8 Å². The number of nitrogens with one attached hydrogen (secondary N) is 1. The number of rotatable bonds is 9. The summed E-state index contributed by atoms with van der Waals surface area (Å²) in [5.74, 6) is -0.945. The Morgan fingerprint density at radius 1 is 1.19 bits per heavy atom. The summed E-state index contributed by atoms with van der Waals surface area (Å²) in [6.07, 6.45) is 4.28. The van der Waals surface area contributed by atoms with E-state index in [4.69, 9.17) is 36.3 Å². The average Bonchev–Trinajstić information content (AvgIpc) is 3.51. The number of carbonyl (C=O) groups is 3. The Morgan fingerprint density at radius 2 is 1.91 bits per heavy atom. The fraction of sp³-hybridized carbons (Fsp3) is 0.455. The molecule has 4 heterocycles. The van der Waals surface area contributed by atoms with Gasteiger partial charge in [0.1, 0.15) is 23.9 Å². The van der Waals surface area contributed by atoms with Crippen LogP contribution in [-0.2, 0) is 21.0 Å².